The first-order chi connectivity index (χ1) is 17.8. The third kappa shape index (κ3) is 4.82. The smallest absolute Gasteiger partial charge is 0.277 e. The van der Waals surface area contributed by atoms with E-state index in [9.17, 15) is 20.2 Å². The van der Waals surface area contributed by atoms with Crippen molar-refractivity contribution in [3.8, 4) is 5.75 Å². The molecule has 0 unspecified atom stereocenters. The molecule has 10 nitrogen and oxygen atoms in total. The lowest BCUT2D eigenvalue weighted by Gasteiger charge is -2.35. The summed E-state index contributed by atoms with van der Waals surface area (Å²) in [6.45, 7) is 10.2. The van der Waals surface area contributed by atoms with Crippen molar-refractivity contribution in [2.24, 2.45) is 0 Å². The third-order valence-electron chi connectivity index (χ3n) is 6.34. The van der Waals surface area contributed by atoms with E-state index in [1.54, 1.807) is 12.5 Å². The number of nitrogens with zero attached hydrogens (tertiary/aromatic N) is 3. The number of ether oxygens (including phenoxy) is 1. The van der Waals surface area contributed by atoms with Crippen molar-refractivity contribution in [1.82, 2.24) is 5.32 Å². The van der Waals surface area contributed by atoms with Crippen molar-refractivity contribution in [3.63, 3.8) is 0 Å². The fraction of sp³-hybridized carbons (Fsp3) is 0.296. The first-order valence-corrected chi connectivity index (χ1v) is 12.4. The molecule has 2 N–H and O–H groups in total. The van der Waals surface area contributed by atoms with Crippen LogP contribution in [0.2, 0.25) is 0 Å². The molecule has 0 spiro atoms. The minimum absolute atomic E-state index is 0.0379. The summed E-state index contributed by atoms with van der Waals surface area (Å²) in [6, 6.07) is 8.29. The van der Waals surface area contributed by atoms with Gasteiger partial charge in [0.25, 0.3) is 11.4 Å². The second-order valence-corrected chi connectivity index (χ2v) is 8.51. The highest BCUT2D eigenvalue weighted by atomic mass is 16.6. The Morgan fingerprint density at radius 1 is 0.946 bits per heavy atom. The van der Waals surface area contributed by atoms with E-state index in [1.165, 1.54) is 12.1 Å². The van der Waals surface area contributed by atoms with Crippen molar-refractivity contribution in [1.29, 1.82) is 0 Å². The molecule has 0 atom stereocenters. The molecule has 2 aliphatic rings. The van der Waals surface area contributed by atoms with Gasteiger partial charge in [-0.1, -0.05) is 23.3 Å². The molecule has 2 aromatic carbocycles. The van der Waals surface area contributed by atoms with E-state index in [2.05, 4.69) is 10.6 Å². The van der Waals surface area contributed by atoms with E-state index in [0.717, 1.165) is 11.4 Å². The number of hydrogen-bond acceptors (Lipinski definition) is 8. The Morgan fingerprint density at radius 2 is 1.59 bits per heavy atom. The van der Waals surface area contributed by atoms with Crippen LogP contribution in [0.3, 0.4) is 0 Å². The molecule has 0 amide bonds. The van der Waals surface area contributed by atoms with Gasteiger partial charge in [0.05, 0.1) is 21.1 Å². The molecule has 0 fully saturated rings. The standard InChI is InChI=1S/C27H30N5O5/c1-5-28-17-9-11-20-24(13-17)37-25-14-18(29-6-2)10-12-21(25)26(20)27-22(31(33)34)15-19(30(7-3)8-4)16-23(27)32(35)36/h9-16,28-29H,5-8H2,1-4H3/q-1. The van der Waals surface area contributed by atoms with Crippen LogP contribution in [0.1, 0.15) is 38.8 Å². The second kappa shape index (κ2) is 10.7. The molecule has 0 bridgehead atoms. The van der Waals surface area contributed by atoms with Crippen LogP contribution in [0.15, 0.2) is 59.5 Å². The molecule has 0 saturated heterocycles. The number of anilines is 2. The van der Waals surface area contributed by atoms with Crippen LogP contribution in [-0.2, 0) is 0 Å². The summed E-state index contributed by atoms with van der Waals surface area (Å²) in [7, 11) is 0. The SMILES string of the molecule is CCNC1=C[CH-]C2=C(c3c([N+](=O)[O-])cc(N(CC)CC)cc3[N+](=O)[O-])c3ccc(NCC)cc3OC2=C1. The van der Waals surface area contributed by atoms with Gasteiger partial charge in [0.15, 0.2) is 0 Å². The molecule has 1 aliphatic heterocycles. The molecule has 4 rings (SSSR count). The molecule has 1 aliphatic carbocycles. The monoisotopic (exact) mass is 504 g/mol. The lowest BCUT2D eigenvalue weighted by atomic mass is 9.84. The van der Waals surface area contributed by atoms with Gasteiger partial charge in [0.1, 0.15) is 5.75 Å². The van der Waals surface area contributed by atoms with E-state index >= 15 is 0 Å². The van der Waals surface area contributed by atoms with Crippen molar-refractivity contribution in [2.45, 2.75) is 27.7 Å². The molecule has 1 heterocycles. The maximum atomic E-state index is 12.4. The number of benzene rings is 2. The summed E-state index contributed by atoms with van der Waals surface area (Å²) in [6.07, 6.45) is 5.44. The van der Waals surface area contributed by atoms with Gasteiger partial charge in [-0.2, -0.15) is 0 Å². The zero-order valence-corrected chi connectivity index (χ0v) is 21.3. The number of nitrogens with one attached hydrogen (secondary N) is 2. The second-order valence-electron chi connectivity index (χ2n) is 8.51. The molecule has 10 heteroatoms. The number of likely N-dealkylation sites (N-methyl/N-ethyl adjacent to an activating group) is 1. The lowest BCUT2D eigenvalue weighted by Crippen LogP contribution is -2.22. The first-order valence-electron chi connectivity index (χ1n) is 12.4. The summed E-state index contributed by atoms with van der Waals surface area (Å²) in [5.41, 5.74) is 2.87. The molecule has 2 aromatic rings. The summed E-state index contributed by atoms with van der Waals surface area (Å²) in [5, 5.41) is 31.3. The number of allylic oxidation sites excluding steroid dienone is 3. The predicted molar refractivity (Wildman–Crippen MR) is 145 cm³/mol. The molecular formula is C27H30N5O5-. The predicted octanol–water partition coefficient (Wildman–Crippen LogP) is 5.57. The first kappa shape index (κ1) is 25.6. The van der Waals surface area contributed by atoms with E-state index in [1.807, 2.05) is 56.9 Å². The van der Waals surface area contributed by atoms with Crippen LogP contribution in [0, 0.1) is 26.6 Å². The average Bonchev–Trinajstić information content (AvgIpc) is 2.87. The van der Waals surface area contributed by atoms with Gasteiger partial charge in [-0.15, -0.1) is 12.5 Å². The topological polar surface area (TPSA) is 123 Å². The summed E-state index contributed by atoms with van der Waals surface area (Å²) in [5.74, 6) is 0.928. The summed E-state index contributed by atoms with van der Waals surface area (Å²) >= 11 is 0. The molecule has 194 valence electrons. The zero-order chi connectivity index (χ0) is 26.7. The van der Waals surface area contributed by atoms with Gasteiger partial charge in [-0.3, -0.25) is 20.2 Å². The zero-order valence-electron chi connectivity index (χ0n) is 21.3. The Bertz CT molecular complexity index is 1310. The number of hydrogen-bond donors (Lipinski definition) is 2. The van der Waals surface area contributed by atoms with Gasteiger partial charge in [0, 0.05) is 55.8 Å². The van der Waals surface area contributed by atoms with Crippen molar-refractivity contribution in [2.75, 3.05) is 36.4 Å². The van der Waals surface area contributed by atoms with Gasteiger partial charge < -0.3 is 20.3 Å². The van der Waals surface area contributed by atoms with E-state index in [4.69, 9.17) is 4.74 Å². The van der Waals surface area contributed by atoms with Crippen LogP contribution in [-0.4, -0.2) is 36.0 Å². The minimum atomic E-state index is -0.544. The van der Waals surface area contributed by atoms with Gasteiger partial charge in [-0.25, -0.2) is 0 Å². The highest BCUT2D eigenvalue weighted by Crippen LogP contribution is 2.50. The number of nitro groups is 2. The van der Waals surface area contributed by atoms with Crippen molar-refractivity contribution >= 4 is 28.3 Å². The van der Waals surface area contributed by atoms with Crippen LogP contribution >= 0.6 is 0 Å². The molecular weight excluding hydrogens is 474 g/mol. The van der Waals surface area contributed by atoms with Crippen LogP contribution < -0.4 is 20.3 Å². The fourth-order valence-electron chi connectivity index (χ4n) is 4.70. The number of rotatable bonds is 10. The third-order valence-corrected chi connectivity index (χ3v) is 6.34. The van der Waals surface area contributed by atoms with Crippen LogP contribution in [0.5, 0.6) is 5.75 Å². The summed E-state index contributed by atoms with van der Waals surface area (Å²) < 4.78 is 6.25. The van der Waals surface area contributed by atoms with Gasteiger partial charge in [0.2, 0.25) is 0 Å². The van der Waals surface area contributed by atoms with Crippen LogP contribution in [0.25, 0.3) is 5.57 Å². The number of fused-ring (bicyclic) bond motifs is 2. The summed E-state index contributed by atoms with van der Waals surface area (Å²) in [4.78, 5) is 25.6. The maximum absolute atomic E-state index is 12.4. The Balaban J connectivity index is 2.06. The van der Waals surface area contributed by atoms with E-state index in [-0.39, 0.29) is 16.9 Å². The van der Waals surface area contributed by atoms with E-state index in [0.29, 0.717) is 60.1 Å². The number of nitro benzene ring substituents is 2. The maximum Gasteiger partial charge on any atom is 0.277 e. The molecule has 0 radical (unpaired) electrons. The average molecular weight is 505 g/mol. The normalized spacial score (nSPS) is 13.8. The largest absolute Gasteiger partial charge is 0.502 e. The molecule has 37 heavy (non-hydrogen) atoms. The highest BCUT2D eigenvalue weighted by Gasteiger charge is 2.33. The molecule has 0 aromatic heterocycles. The molecule has 0 saturated carbocycles. The Labute approximate surface area is 215 Å². The van der Waals surface area contributed by atoms with Crippen molar-refractivity contribution < 1.29 is 14.6 Å². The van der Waals surface area contributed by atoms with Gasteiger partial charge in [-0.05, 0) is 45.0 Å². The lowest BCUT2D eigenvalue weighted by molar-refractivity contribution is -0.394. The van der Waals surface area contributed by atoms with E-state index < -0.39 is 9.85 Å². The van der Waals surface area contributed by atoms with Crippen LogP contribution in [0.4, 0.5) is 22.7 Å². The van der Waals surface area contributed by atoms with Crippen molar-refractivity contribution in [3.05, 3.63) is 97.3 Å². The Kier molecular flexibility index (Phi) is 7.37. The van der Waals surface area contributed by atoms with Gasteiger partial charge >= 0.3 is 0 Å². The highest BCUT2D eigenvalue weighted by molar-refractivity contribution is 5.97. The quantitative estimate of drug-likeness (QED) is 0.245. The minimum Gasteiger partial charge on any atom is -0.502 e. The Morgan fingerprint density at radius 3 is 2.16 bits per heavy atom. The fourth-order valence-corrected chi connectivity index (χ4v) is 4.70. The Hall–Kier alpha value is -4.47.